The van der Waals surface area contributed by atoms with Crippen molar-refractivity contribution in [3.05, 3.63) is 77.3 Å². The van der Waals surface area contributed by atoms with Crippen molar-refractivity contribution in [3.8, 4) is 0 Å². The second-order valence-corrected chi connectivity index (χ2v) is 8.19. The van der Waals surface area contributed by atoms with Gasteiger partial charge in [0, 0.05) is 16.3 Å². The zero-order valence-corrected chi connectivity index (χ0v) is 17.9. The Morgan fingerprint density at radius 2 is 1.65 bits per heavy atom. The number of nitrogens with one attached hydrogen (secondary N) is 2. The van der Waals surface area contributed by atoms with Gasteiger partial charge in [-0.2, -0.15) is 13.2 Å². The van der Waals surface area contributed by atoms with E-state index in [4.69, 9.17) is 28.2 Å². The summed E-state index contributed by atoms with van der Waals surface area (Å²) in [5, 5.41) is 5.97. The van der Waals surface area contributed by atoms with Crippen molar-refractivity contribution in [1.82, 2.24) is 4.98 Å². The third-order valence-electron chi connectivity index (χ3n) is 4.12. The summed E-state index contributed by atoms with van der Waals surface area (Å²) >= 11 is 12.2. The predicted molar refractivity (Wildman–Crippen MR) is 121 cm³/mol. The summed E-state index contributed by atoms with van der Waals surface area (Å²) in [4.78, 5) is 5.32. The van der Waals surface area contributed by atoms with Gasteiger partial charge in [-0.3, -0.25) is 0 Å². The zero-order chi connectivity index (χ0) is 22.0. The number of benzene rings is 3. The molecule has 1 aromatic heterocycles. The van der Waals surface area contributed by atoms with Gasteiger partial charge in [0.25, 0.3) is 5.22 Å². The summed E-state index contributed by atoms with van der Waals surface area (Å²) in [5.74, 6) is 0. The van der Waals surface area contributed by atoms with Crippen molar-refractivity contribution in [1.29, 1.82) is 0 Å². The Hall–Kier alpha value is -2.75. The van der Waals surface area contributed by atoms with Crippen molar-refractivity contribution >= 4 is 63.2 Å². The van der Waals surface area contributed by atoms with Crippen LogP contribution in [0.25, 0.3) is 11.1 Å². The van der Waals surface area contributed by atoms with Crippen LogP contribution < -0.4 is 10.6 Å². The molecule has 0 atom stereocenters. The minimum absolute atomic E-state index is 0.148. The van der Waals surface area contributed by atoms with Crippen molar-refractivity contribution in [2.24, 2.45) is 0 Å². The van der Waals surface area contributed by atoms with E-state index in [1.54, 1.807) is 12.1 Å². The molecule has 0 aliphatic rings. The third kappa shape index (κ3) is 5.30. The highest BCUT2D eigenvalue weighted by molar-refractivity contribution is 7.99. The Kier molecular flexibility index (Phi) is 6.08. The molecule has 0 saturated carbocycles. The van der Waals surface area contributed by atoms with Gasteiger partial charge in [-0.25, -0.2) is 4.98 Å². The quantitative estimate of drug-likeness (QED) is 0.296. The lowest BCUT2D eigenvalue weighted by Crippen LogP contribution is -2.19. The van der Waals surface area contributed by atoms with Gasteiger partial charge in [-0.15, -0.1) is 0 Å². The number of hydrogen-bond donors (Lipinski definition) is 2. The number of hydrogen-bond acceptors (Lipinski definition) is 4. The van der Waals surface area contributed by atoms with Crippen molar-refractivity contribution in [2.75, 3.05) is 10.6 Å². The molecule has 2 N–H and O–H groups in total. The SMILES string of the molecule is FC(F)(F)c1cc(NC(=S)Nc2ccc(Sc3nc4ccccc4o3)cc2)ccc1Cl. The lowest BCUT2D eigenvalue weighted by molar-refractivity contribution is -0.137. The zero-order valence-electron chi connectivity index (χ0n) is 15.5. The van der Waals surface area contributed by atoms with E-state index in [0.717, 1.165) is 22.1 Å². The van der Waals surface area contributed by atoms with Crippen LogP contribution in [0.15, 0.2) is 81.3 Å². The highest BCUT2D eigenvalue weighted by Gasteiger charge is 2.33. The smallest absolute Gasteiger partial charge is 0.417 e. The number of fused-ring (bicyclic) bond motifs is 1. The number of nitrogens with zero attached hydrogens (tertiary/aromatic N) is 1. The average molecular weight is 480 g/mol. The van der Waals surface area contributed by atoms with Gasteiger partial charge in [0.2, 0.25) is 0 Å². The topological polar surface area (TPSA) is 50.1 Å². The molecule has 0 bridgehead atoms. The third-order valence-corrected chi connectivity index (χ3v) is 5.51. The number of para-hydroxylation sites is 2. The molecule has 0 spiro atoms. The second-order valence-electron chi connectivity index (χ2n) is 6.35. The summed E-state index contributed by atoms with van der Waals surface area (Å²) in [6.07, 6.45) is -4.55. The van der Waals surface area contributed by atoms with Crippen LogP contribution in [0.5, 0.6) is 0 Å². The fourth-order valence-corrected chi connectivity index (χ4v) is 3.93. The molecule has 0 fully saturated rings. The summed E-state index contributed by atoms with van der Waals surface area (Å²) in [5.41, 5.74) is 1.43. The number of alkyl halides is 3. The summed E-state index contributed by atoms with van der Waals surface area (Å²) < 4.78 is 44.7. The first-order chi connectivity index (χ1) is 14.8. The molecular formula is C21H13ClF3N3OS2. The first-order valence-electron chi connectivity index (χ1n) is 8.86. The monoisotopic (exact) mass is 479 g/mol. The maximum Gasteiger partial charge on any atom is 0.417 e. The molecule has 1 heterocycles. The minimum atomic E-state index is -4.55. The van der Waals surface area contributed by atoms with Crippen LogP contribution in [-0.2, 0) is 6.18 Å². The maximum atomic E-state index is 13.0. The molecule has 0 aliphatic heterocycles. The van der Waals surface area contributed by atoms with Crippen LogP contribution in [-0.4, -0.2) is 10.1 Å². The van der Waals surface area contributed by atoms with E-state index < -0.39 is 11.7 Å². The van der Waals surface area contributed by atoms with Gasteiger partial charge in [0.1, 0.15) is 5.52 Å². The van der Waals surface area contributed by atoms with Crippen LogP contribution in [0.2, 0.25) is 5.02 Å². The number of anilines is 2. The Morgan fingerprint density at radius 1 is 0.968 bits per heavy atom. The highest BCUT2D eigenvalue weighted by atomic mass is 35.5. The van der Waals surface area contributed by atoms with Crippen molar-refractivity contribution < 1.29 is 17.6 Å². The van der Waals surface area contributed by atoms with Crippen LogP contribution in [0, 0.1) is 0 Å². The van der Waals surface area contributed by atoms with Crippen LogP contribution in [0.4, 0.5) is 24.5 Å². The molecule has 4 rings (SSSR count). The average Bonchev–Trinajstić information content (AvgIpc) is 3.12. The Bertz CT molecular complexity index is 1210. The summed E-state index contributed by atoms with van der Waals surface area (Å²) in [7, 11) is 0. The molecule has 0 aliphatic carbocycles. The van der Waals surface area contributed by atoms with E-state index in [1.807, 2.05) is 36.4 Å². The Morgan fingerprint density at radius 3 is 2.35 bits per heavy atom. The molecule has 158 valence electrons. The first-order valence-corrected chi connectivity index (χ1v) is 10.5. The highest BCUT2D eigenvalue weighted by Crippen LogP contribution is 2.36. The Balaban J connectivity index is 1.39. The molecular weight excluding hydrogens is 467 g/mol. The second kappa shape index (κ2) is 8.78. The van der Waals surface area contributed by atoms with E-state index in [2.05, 4.69) is 15.6 Å². The molecule has 0 unspecified atom stereocenters. The molecule has 4 aromatic rings. The van der Waals surface area contributed by atoms with Gasteiger partial charge >= 0.3 is 6.18 Å². The standard InChI is InChI=1S/C21H13ClF3N3OS2/c22-16-10-7-13(11-15(16)21(23,24)25)27-19(30)26-12-5-8-14(9-6-12)31-20-28-17-3-1-2-4-18(17)29-20/h1-11H,(H2,26,27,30). The molecule has 4 nitrogen and oxygen atoms in total. The molecule has 10 heteroatoms. The maximum absolute atomic E-state index is 13.0. The van der Waals surface area contributed by atoms with Gasteiger partial charge < -0.3 is 15.1 Å². The lowest BCUT2D eigenvalue weighted by Gasteiger charge is -2.14. The van der Waals surface area contributed by atoms with Crippen LogP contribution in [0.3, 0.4) is 0 Å². The van der Waals surface area contributed by atoms with Crippen LogP contribution in [0.1, 0.15) is 5.56 Å². The minimum Gasteiger partial charge on any atom is -0.431 e. The molecule has 31 heavy (non-hydrogen) atoms. The van der Waals surface area contributed by atoms with Gasteiger partial charge in [0.15, 0.2) is 10.7 Å². The molecule has 0 amide bonds. The number of halogens is 4. The number of oxazole rings is 1. The van der Waals surface area contributed by atoms with E-state index in [1.165, 1.54) is 23.9 Å². The van der Waals surface area contributed by atoms with E-state index in [-0.39, 0.29) is 15.8 Å². The fourth-order valence-electron chi connectivity index (χ4n) is 2.72. The molecule has 0 radical (unpaired) electrons. The largest absolute Gasteiger partial charge is 0.431 e. The van der Waals surface area contributed by atoms with E-state index in [0.29, 0.717) is 10.9 Å². The van der Waals surface area contributed by atoms with Crippen LogP contribution >= 0.6 is 35.6 Å². The van der Waals surface area contributed by atoms with Gasteiger partial charge in [-0.05, 0) is 78.6 Å². The van der Waals surface area contributed by atoms with E-state index >= 15 is 0 Å². The summed E-state index contributed by atoms with van der Waals surface area (Å²) in [6.45, 7) is 0. The first kappa shape index (κ1) is 21.5. The van der Waals surface area contributed by atoms with Gasteiger partial charge in [0.05, 0.1) is 10.6 Å². The predicted octanol–water partition coefficient (Wildman–Crippen LogP) is 7.46. The number of thiocarbonyl (C=S) groups is 1. The van der Waals surface area contributed by atoms with Crippen molar-refractivity contribution in [3.63, 3.8) is 0 Å². The molecule has 0 saturated heterocycles. The normalized spacial score (nSPS) is 11.5. The van der Waals surface area contributed by atoms with Crippen molar-refractivity contribution in [2.45, 2.75) is 16.3 Å². The number of rotatable bonds is 4. The molecule has 3 aromatic carbocycles. The van der Waals surface area contributed by atoms with Gasteiger partial charge in [-0.1, -0.05) is 23.7 Å². The van der Waals surface area contributed by atoms with E-state index in [9.17, 15) is 13.2 Å². The number of aromatic nitrogens is 1. The summed E-state index contributed by atoms with van der Waals surface area (Å²) in [6, 6.07) is 18.3. The lowest BCUT2D eigenvalue weighted by atomic mass is 10.2. The fraction of sp³-hybridized carbons (Fsp3) is 0.0476. The Labute approximate surface area is 189 Å².